The van der Waals surface area contributed by atoms with Gasteiger partial charge in [0.2, 0.25) is 5.91 Å². The molecule has 0 aliphatic rings. The van der Waals surface area contributed by atoms with Gasteiger partial charge in [-0.1, -0.05) is 12.2 Å². The molecule has 2 aromatic heterocycles. The zero-order chi connectivity index (χ0) is 19.2. The van der Waals surface area contributed by atoms with Gasteiger partial charge in [0.25, 0.3) is 0 Å². The number of allylic oxidation sites excluding steroid dienone is 1. The van der Waals surface area contributed by atoms with Crippen molar-refractivity contribution in [1.82, 2.24) is 4.98 Å². The highest BCUT2D eigenvalue weighted by molar-refractivity contribution is 7.08. The first kappa shape index (κ1) is 18.6. The Bertz CT molecular complexity index is 982. The van der Waals surface area contributed by atoms with Crippen LogP contribution >= 0.6 is 11.3 Å². The Hall–Kier alpha value is -3.19. The number of hydrogen-bond acceptors (Lipinski definition) is 5. The molecule has 3 aromatic rings. The average molecular weight is 387 g/mol. The third-order valence-corrected chi connectivity index (χ3v) is 4.43. The third kappa shape index (κ3) is 4.71. The molecule has 5 nitrogen and oxygen atoms in total. The highest BCUT2D eigenvalue weighted by Crippen LogP contribution is 2.31. The lowest BCUT2D eigenvalue weighted by atomic mass is 10.2. The van der Waals surface area contributed by atoms with Crippen molar-refractivity contribution in [2.24, 2.45) is 0 Å². The van der Waals surface area contributed by atoms with Crippen LogP contribution in [0.5, 0.6) is 11.5 Å². The quantitative estimate of drug-likeness (QED) is 0.597. The first-order chi connectivity index (χ1) is 13.1. The second kappa shape index (κ2) is 8.46. The highest BCUT2D eigenvalue weighted by Gasteiger charge is 2.12. The SMILES string of the molecule is C/C=C\c1c(Oc2ccc(NC(=O)Cc3ccsc3)cc2F)ccnc1N.[HH].[HH]. The van der Waals surface area contributed by atoms with Gasteiger partial charge in [-0.3, -0.25) is 4.79 Å². The normalized spacial score (nSPS) is 10.9. The van der Waals surface area contributed by atoms with E-state index >= 15 is 0 Å². The van der Waals surface area contributed by atoms with Gasteiger partial charge in [-0.15, -0.1) is 0 Å². The standard InChI is InChI=1S/C20H18FN3O2S.2H2/c1-2-3-15-17(6-8-23-20(15)22)26-18-5-4-14(11-16(18)21)24-19(25)10-13-7-9-27-12-13;;/h2-9,11-12H,10H2,1H3,(H2,22,23)(H,24,25);2*1H/b3-2-;;. The van der Waals surface area contributed by atoms with E-state index in [2.05, 4.69) is 10.3 Å². The number of aromatic nitrogens is 1. The minimum absolute atomic E-state index is 0. The Labute approximate surface area is 163 Å². The second-order valence-corrected chi connectivity index (χ2v) is 6.49. The van der Waals surface area contributed by atoms with Gasteiger partial charge in [-0.2, -0.15) is 11.3 Å². The smallest absolute Gasteiger partial charge is 0.228 e. The number of nitrogens with two attached hydrogens (primary N) is 1. The second-order valence-electron chi connectivity index (χ2n) is 5.71. The molecule has 7 heteroatoms. The van der Waals surface area contributed by atoms with Crippen molar-refractivity contribution in [1.29, 1.82) is 0 Å². The largest absolute Gasteiger partial charge is 0.453 e. The average Bonchev–Trinajstić information content (AvgIpc) is 3.13. The molecule has 0 atom stereocenters. The van der Waals surface area contributed by atoms with E-state index in [1.807, 2.05) is 23.8 Å². The van der Waals surface area contributed by atoms with E-state index in [9.17, 15) is 9.18 Å². The van der Waals surface area contributed by atoms with Crippen LogP contribution in [0.3, 0.4) is 0 Å². The summed E-state index contributed by atoms with van der Waals surface area (Å²) in [6.07, 6.45) is 5.28. The van der Waals surface area contributed by atoms with Crippen molar-refractivity contribution in [2.45, 2.75) is 13.3 Å². The maximum absolute atomic E-state index is 14.4. The summed E-state index contributed by atoms with van der Waals surface area (Å²) in [5, 5.41) is 6.49. The first-order valence-corrected chi connectivity index (χ1v) is 9.16. The van der Waals surface area contributed by atoms with E-state index in [-0.39, 0.29) is 20.9 Å². The number of carbonyl (C=O) groups excluding carboxylic acids is 1. The molecule has 0 aliphatic carbocycles. The number of nitrogens with zero attached hydrogens (tertiary/aromatic N) is 1. The molecule has 3 N–H and O–H groups in total. The molecule has 0 unspecified atom stereocenters. The maximum atomic E-state index is 14.4. The summed E-state index contributed by atoms with van der Waals surface area (Å²) in [6.45, 7) is 1.84. The van der Waals surface area contributed by atoms with Crippen LogP contribution in [0.2, 0.25) is 0 Å². The van der Waals surface area contributed by atoms with Gasteiger partial charge in [-0.05, 0) is 47.5 Å². The Balaban J connectivity index is 0.00000210. The van der Waals surface area contributed by atoms with Crippen LogP contribution in [0.1, 0.15) is 20.9 Å². The number of pyridine rings is 1. The molecule has 0 aliphatic heterocycles. The number of nitrogens with one attached hydrogen (secondary N) is 1. The number of amides is 1. The summed E-state index contributed by atoms with van der Waals surface area (Å²) in [5.41, 5.74) is 7.71. The van der Waals surface area contributed by atoms with Crippen LogP contribution in [0, 0.1) is 5.82 Å². The van der Waals surface area contributed by atoms with Crippen LogP contribution < -0.4 is 15.8 Å². The van der Waals surface area contributed by atoms with Crippen molar-refractivity contribution in [2.75, 3.05) is 11.1 Å². The van der Waals surface area contributed by atoms with Crippen LogP contribution in [0.15, 0.2) is 53.4 Å². The molecule has 0 radical (unpaired) electrons. The van der Waals surface area contributed by atoms with E-state index in [4.69, 9.17) is 10.5 Å². The Morgan fingerprint density at radius 1 is 1.37 bits per heavy atom. The molecule has 0 fully saturated rings. The number of hydrogen-bond donors (Lipinski definition) is 2. The van der Waals surface area contributed by atoms with Crippen molar-refractivity contribution < 1.29 is 16.8 Å². The lowest BCUT2D eigenvalue weighted by Gasteiger charge is -2.12. The number of halogens is 1. The summed E-state index contributed by atoms with van der Waals surface area (Å²) in [4.78, 5) is 16.0. The number of nitrogen functional groups attached to an aromatic ring is 1. The monoisotopic (exact) mass is 387 g/mol. The summed E-state index contributed by atoms with van der Waals surface area (Å²) < 4.78 is 20.1. The molecule has 0 bridgehead atoms. The molecule has 1 aromatic carbocycles. The van der Waals surface area contributed by atoms with E-state index < -0.39 is 5.82 Å². The molecule has 142 valence electrons. The van der Waals surface area contributed by atoms with Crippen LogP contribution in [-0.2, 0) is 11.2 Å². The summed E-state index contributed by atoms with van der Waals surface area (Å²) >= 11 is 1.52. The van der Waals surface area contributed by atoms with E-state index in [0.717, 1.165) is 5.56 Å². The molecular formula is C20H22FN3O2S. The number of benzene rings is 1. The maximum Gasteiger partial charge on any atom is 0.228 e. The number of thiophene rings is 1. The van der Waals surface area contributed by atoms with Crippen molar-refractivity contribution in [3.05, 3.63) is 70.3 Å². The number of carbonyl (C=O) groups is 1. The molecule has 0 spiro atoms. The first-order valence-electron chi connectivity index (χ1n) is 8.22. The fourth-order valence-electron chi connectivity index (χ4n) is 2.46. The summed E-state index contributed by atoms with van der Waals surface area (Å²) in [5.74, 6) is -0.0804. The zero-order valence-electron chi connectivity index (χ0n) is 14.6. The minimum atomic E-state index is -0.592. The van der Waals surface area contributed by atoms with Crippen LogP contribution in [-0.4, -0.2) is 10.9 Å². The van der Waals surface area contributed by atoms with Gasteiger partial charge in [0.1, 0.15) is 11.6 Å². The van der Waals surface area contributed by atoms with Crippen molar-refractivity contribution in [3.63, 3.8) is 0 Å². The predicted octanol–water partition coefficient (Wildman–Crippen LogP) is 5.36. The number of anilines is 2. The highest BCUT2D eigenvalue weighted by atomic mass is 32.1. The van der Waals surface area contributed by atoms with E-state index in [1.165, 1.54) is 29.7 Å². The Morgan fingerprint density at radius 2 is 2.22 bits per heavy atom. The lowest BCUT2D eigenvalue weighted by Crippen LogP contribution is -2.14. The van der Waals surface area contributed by atoms with Crippen LogP contribution in [0.25, 0.3) is 6.08 Å². The predicted molar refractivity (Wildman–Crippen MR) is 111 cm³/mol. The fourth-order valence-corrected chi connectivity index (χ4v) is 3.13. The molecule has 0 saturated carbocycles. The molecule has 3 rings (SSSR count). The zero-order valence-corrected chi connectivity index (χ0v) is 15.4. The van der Waals surface area contributed by atoms with Crippen LogP contribution in [0.4, 0.5) is 15.9 Å². The molecule has 1 amide bonds. The van der Waals surface area contributed by atoms with Gasteiger partial charge in [-0.25, -0.2) is 9.37 Å². The Morgan fingerprint density at radius 3 is 2.93 bits per heavy atom. The lowest BCUT2D eigenvalue weighted by molar-refractivity contribution is -0.115. The van der Waals surface area contributed by atoms with E-state index in [1.54, 1.807) is 24.3 Å². The summed E-state index contributed by atoms with van der Waals surface area (Å²) in [7, 11) is 0. The number of ether oxygens (including phenoxy) is 1. The van der Waals surface area contributed by atoms with E-state index in [0.29, 0.717) is 22.8 Å². The topological polar surface area (TPSA) is 77.2 Å². The molecule has 27 heavy (non-hydrogen) atoms. The number of rotatable bonds is 6. The Kier molecular flexibility index (Phi) is 5.83. The molecule has 0 saturated heterocycles. The molecule has 2 heterocycles. The van der Waals surface area contributed by atoms with Crippen molar-refractivity contribution in [3.8, 4) is 11.5 Å². The minimum Gasteiger partial charge on any atom is -0.453 e. The van der Waals surface area contributed by atoms with Gasteiger partial charge in [0, 0.05) is 20.8 Å². The summed E-state index contributed by atoms with van der Waals surface area (Å²) in [6, 6.07) is 7.77. The van der Waals surface area contributed by atoms with Gasteiger partial charge >= 0.3 is 0 Å². The third-order valence-electron chi connectivity index (χ3n) is 3.69. The van der Waals surface area contributed by atoms with Gasteiger partial charge in [0.05, 0.1) is 12.0 Å². The molecular weight excluding hydrogens is 365 g/mol. The van der Waals surface area contributed by atoms with Gasteiger partial charge < -0.3 is 15.8 Å². The van der Waals surface area contributed by atoms with Gasteiger partial charge in [0.15, 0.2) is 11.6 Å². The van der Waals surface area contributed by atoms with Crippen molar-refractivity contribution >= 4 is 34.8 Å². The fraction of sp³-hybridized carbons (Fsp3) is 0.100.